The lowest BCUT2D eigenvalue weighted by molar-refractivity contribution is 0.0997. The highest BCUT2D eigenvalue weighted by atomic mass is 32.1. The van der Waals surface area contributed by atoms with E-state index in [0.717, 1.165) is 17.4 Å². The number of thiazole rings is 1. The van der Waals surface area contributed by atoms with Crippen LogP contribution >= 0.6 is 11.3 Å². The van der Waals surface area contributed by atoms with Crippen molar-refractivity contribution in [1.29, 1.82) is 0 Å². The van der Waals surface area contributed by atoms with Gasteiger partial charge in [0.15, 0.2) is 22.1 Å². The molecule has 0 aliphatic heterocycles. The number of carbonyl (C=O) groups excluding carboxylic acids is 1. The third kappa shape index (κ3) is 3.95. The number of hydrogen-bond acceptors (Lipinski definition) is 5. The van der Waals surface area contributed by atoms with E-state index in [2.05, 4.69) is 4.99 Å². The van der Waals surface area contributed by atoms with E-state index in [1.165, 1.54) is 39.5 Å². The summed E-state index contributed by atoms with van der Waals surface area (Å²) in [5, 5.41) is 0. The molecule has 0 fully saturated rings. The molecule has 3 aromatic rings. The number of nitrogens with zero attached hydrogens (tertiary/aromatic N) is 2. The molecule has 0 unspecified atom stereocenters. The molecular formula is C20H20F2N2O4S. The van der Waals surface area contributed by atoms with Crippen molar-refractivity contribution in [3.8, 4) is 17.2 Å². The molecule has 0 N–H and O–H groups in total. The number of carbonyl (C=O) groups is 1. The van der Waals surface area contributed by atoms with Crippen LogP contribution in [0.5, 0.6) is 17.2 Å². The predicted octanol–water partition coefficient (Wildman–Crippen LogP) is 4.16. The number of halogens is 2. The van der Waals surface area contributed by atoms with Crippen LogP contribution in [0.3, 0.4) is 0 Å². The summed E-state index contributed by atoms with van der Waals surface area (Å²) in [6.07, 6.45) is 0.689. The highest BCUT2D eigenvalue weighted by molar-refractivity contribution is 7.16. The summed E-state index contributed by atoms with van der Waals surface area (Å²) >= 11 is 1.05. The van der Waals surface area contributed by atoms with Crippen LogP contribution in [0.2, 0.25) is 0 Å². The van der Waals surface area contributed by atoms with Crippen molar-refractivity contribution >= 4 is 27.5 Å². The Bertz CT molecular complexity index is 1110. The second-order valence-electron chi connectivity index (χ2n) is 6.10. The Morgan fingerprint density at radius 1 is 1.07 bits per heavy atom. The molecule has 1 aromatic heterocycles. The van der Waals surface area contributed by atoms with Crippen LogP contribution < -0.4 is 19.0 Å². The molecule has 0 atom stereocenters. The van der Waals surface area contributed by atoms with E-state index in [4.69, 9.17) is 14.2 Å². The predicted molar refractivity (Wildman–Crippen MR) is 106 cm³/mol. The lowest BCUT2D eigenvalue weighted by atomic mass is 10.1. The summed E-state index contributed by atoms with van der Waals surface area (Å²) in [6, 6.07) is 5.04. The first kappa shape index (κ1) is 20.8. The van der Waals surface area contributed by atoms with Gasteiger partial charge in [-0.1, -0.05) is 18.3 Å². The van der Waals surface area contributed by atoms with Gasteiger partial charge in [0.25, 0.3) is 5.91 Å². The van der Waals surface area contributed by atoms with Gasteiger partial charge in [-0.2, -0.15) is 4.99 Å². The quantitative estimate of drug-likeness (QED) is 0.599. The van der Waals surface area contributed by atoms with E-state index >= 15 is 0 Å². The van der Waals surface area contributed by atoms with E-state index < -0.39 is 17.5 Å². The van der Waals surface area contributed by atoms with Gasteiger partial charge in [0.1, 0.15) is 5.82 Å². The zero-order chi connectivity index (χ0) is 21.1. The van der Waals surface area contributed by atoms with Crippen molar-refractivity contribution in [2.75, 3.05) is 21.3 Å². The maximum absolute atomic E-state index is 14.4. The summed E-state index contributed by atoms with van der Waals surface area (Å²) in [6.45, 7) is 2.35. The topological polar surface area (TPSA) is 62.1 Å². The Morgan fingerprint density at radius 2 is 1.72 bits per heavy atom. The Hall–Kier alpha value is -2.94. The van der Waals surface area contributed by atoms with Crippen molar-refractivity contribution in [2.45, 2.75) is 19.9 Å². The highest BCUT2D eigenvalue weighted by Gasteiger charge is 2.18. The fraction of sp³-hybridized carbons (Fsp3) is 0.300. The van der Waals surface area contributed by atoms with Crippen LogP contribution in [0.15, 0.2) is 29.3 Å². The van der Waals surface area contributed by atoms with Gasteiger partial charge in [-0.25, -0.2) is 8.78 Å². The van der Waals surface area contributed by atoms with Crippen molar-refractivity contribution < 1.29 is 27.8 Å². The molecule has 0 aliphatic carbocycles. The molecule has 1 heterocycles. The van der Waals surface area contributed by atoms with E-state index in [-0.39, 0.29) is 15.9 Å². The molecule has 29 heavy (non-hydrogen) atoms. The normalized spacial score (nSPS) is 11.7. The fourth-order valence-electron chi connectivity index (χ4n) is 3.00. The zero-order valence-electron chi connectivity index (χ0n) is 16.4. The molecule has 2 aromatic carbocycles. The van der Waals surface area contributed by atoms with E-state index in [1.54, 1.807) is 4.57 Å². The molecule has 6 nitrogen and oxygen atoms in total. The molecule has 0 saturated heterocycles. The minimum atomic E-state index is -0.689. The number of methoxy groups -OCH3 is 3. The summed E-state index contributed by atoms with van der Waals surface area (Å²) in [4.78, 5) is 17.3. The third-order valence-corrected chi connectivity index (χ3v) is 5.28. The lowest BCUT2D eigenvalue weighted by Gasteiger charge is -2.12. The van der Waals surface area contributed by atoms with E-state index in [9.17, 15) is 13.6 Å². The molecule has 0 bridgehead atoms. The number of ether oxygens (including phenoxy) is 3. The number of benzene rings is 2. The number of hydrogen-bond donors (Lipinski definition) is 0. The zero-order valence-corrected chi connectivity index (χ0v) is 17.2. The lowest BCUT2D eigenvalue weighted by Crippen LogP contribution is -2.17. The van der Waals surface area contributed by atoms with Gasteiger partial charge in [0, 0.05) is 18.2 Å². The Labute approximate surface area is 170 Å². The molecule has 0 saturated carbocycles. The van der Waals surface area contributed by atoms with Crippen LogP contribution in [-0.2, 0) is 6.54 Å². The number of aryl methyl sites for hydroxylation is 1. The third-order valence-electron chi connectivity index (χ3n) is 4.25. The van der Waals surface area contributed by atoms with Crippen LogP contribution in [0.4, 0.5) is 8.78 Å². The molecule has 0 radical (unpaired) electrons. The van der Waals surface area contributed by atoms with Gasteiger partial charge >= 0.3 is 0 Å². The second kappa shape index (κ2) is 8.60. The highest BCUT2D eigenvalue weighted by Crippen LogP contribution is 2.38. The average molecular weight is 422 g/mol. The smallest absolute Gasteiger partial charge is 0.279 e. The molecule has 154 valence electrons. The van der Waals surface area contributed by atoms with E-state index in [0.29, 0.717) is 34.9 Å². The van der Waals surface area contributed by atoms with Crippen LogP contribution in [0.25, 0.3) is 10.2 Å². The molecule has 0 spiro atoms. The molecule has 3 rings (SSSR count). The largest absolute Gasteiger partial charge is 0.493 e. The fourth-order valence-corrected chi connectivity index (χ4v) is 4.10. The number of fused-ring (bicyclic) bond motifs is 1. The average Bonchev–Trinajstić information content (AvgIpc) is 3.03. The van der Waals surface area contributed by atoms with Crippen LogP contribution in [0.1, 0.15) is 23.7 Å². The number of aromatic nitrogens is 1. The summed E-state index contributed by atoms with van der Waals surface area (Å²) in [7, 11) is 4.35. The SMILES string of the molecule is CCCn1c(=NC(=O)c2cc(OC)c(OC)c(OC)c2)sc2cc(F)cc(F)c21. The first-order chi connectivity index (χ1) is 13.9. The van der Waals surface area contributed by atoms with E-state index in [1.807, 2.05) is 6.92 Å². The van der Waals surface area contributed by atoms with Gasteiger partial charge in [0.2, 0.25) is 5.75 Å². The van der Waals surface area contributed by atoms with Crippen molar-refractivity contribution in [1.82, 2.24) is 4.57 Å². The van der Waals surface area contributed by atoms with Gasteiger partial charge in [-0.3, -0.25) is 4.79 Å². The summed E-state index contributed by atoms with van der Waals surface area (Å²) in [5.41, 5.74) is 0.446. The standard InChI is InChI=1S/C20H20F2N2O4S/c1-5-6-24-17-13(22)9-12(21)10-16(17)29-20(24)23-19(25)11-7-14(26-2)18(28-4)15(8-11)27-3/h7-10H,5-6H2,1-4H3. The van der Waals surface area contributed by atoms with Gasteiger partial charge < -0.3 is 18.8 Å². The molecule has 9 heteroatoms. The number of amides is 1. The first-order valence-electron chi connectivity index (χ1n) is 8.80. The Balaban J connectivity index is 2.18. The van der Waals surface area contributed by atoms with Gasteiger partial charge in [-0.15, -0.1) is 0 Å². The number of rotatable bonds is 6. The minimum Gasteiger partial charge on any atom is -0.493 e. The van der Waals surface area contributed by atoms with Crippen molar-refractivity contribution in [2.24, 2.45) is 4.99 Å². The Morgan fingerprint density at radius 3 is 2.28 bits per heavy atom. The Kier molecular flexibility index (Phi) is 6.17. The second-order valence-corrected chi connectivity index (χ2v) is 7.11. The molecule has 0 aliphatic rings. The van der Waals surface area contributed by atoms with Crippen LogP contribution in [-0.4, -0.2) is 31.8 Å². The van der Waals surface area contributed by atoms with Gasteiger partial charge in [0.05, 0.1) is 31.5 Å². The summed E-state index contributed by atoms with van der Waals surface area (Å²) < 4.78 is 45.7. The molecule has 1 amide bonds. The van der Waals surface area contributed by atoms with Crippen LogP contribution in [0, 0.1) is 11.6 Å². The van der Waals surface area contributed by atoms with Gasteiger partial charge in [-0.05, 0) is 24.6 Å². The monoisotopic (exact) mass is 422 g/mol. The van der Waals surface area contributed by atoms with Crippen molar-refractivity contribution in [3.63, 3.8) is 0 Å². The first-order valence-corrected chi connectivity index (χ1v) is 9.62. The van der Waals surface area contributed by atoms with Crippen molar-refractivity contribution in [3.05, 3.63) is 46.3 Å². The maximum atomic E-state index is 14.4. The molecular weight excluding hydrogens is 402 g/mol. The minimum absolute atomic E-state index is 0.214. The summed E-state index contributed by atoms with van der Waals surface area (Å²) in [5.74, 6) is -0.949. The maximum Gasteiger partial charge on any atom is 0.279 e.